The summed E-state index contributed by atoms with van der Waals surface area (Å²) in [6.45, 7) is 5.29. The van der Waals surface area contributed by atoms with Gasteiger partial charge in [-0.05, 0) is 62.4 Å². The van der Waals surface area contributed by atoms with Crippen molar-refractivity contribution in [1.29, 1.82) is 0 Å². The van der Waals surface area contributed by atoms with Crippen LogP contribution in [0, 0.1) is 13.8 Å². The van der Waals surface area contributed by atoms with E-state index < -0.39 is 0 Å². The van der Waals surface area contributed by atoms with E-state index in [2.05, 4.69) is 48.1 Å². The summed E-state index contributed by atoms with van der Waals surface area (Å²) >= 11 is 6.23. The number of anilines is 1. The number of nitrogens with zero attached hydrogens (tertiary/aromatic N) is 2. The summed E-state index contributed by atoms with van der Waals surface area (Å²) < 4.78 is 2.08. The fraction of sp³-hybridized carbons (Fsp3) is 0.286. The lowest BCUT2D eigenvalue weighted by Crippen LogP contribution is -2.08. The normalized spacial score (nSPS) is 13.9. The number of hydrogen-bond donors (Lipinski definition) is 1. The first kappa shape index (κ1) is 16.2. The Hall–Kier alpha value is -2.26. The van der Waals surface area contributed by atoms with Crippen LogP contribution >= 0.6 is 11.6 Å². The molecule has 0 radical (unpaired) electrons. The Morgan fingerprint density at radius 3 is 2.76 bits per heavy atom. The van der Waals surface area contributed by atoms with Crippen molar-refractivity contribution in [3.8, 4) is 16.9 Å². The third-order valence-electron chi connectivity index (χ3n) is 5.03. The molecule has 0 fully saturated rings. The van der Waals surface area contributed by atoms with E-state index >= 15 is 0 Å². The first-order chi connectivity index (χ1) is 12.1. The molecule has 0 atom stereocenters. The summed E-state index contributed by atoms with van der Waals surface area (Å²) in [5.74, 6) is 1.13. The molecule has 3 nitrogen and oxygen atoms in total. The highest BCUT2D eigenvalue weighted by atomic mass is 35.5. The lowest BCUT2D eigenvalue weighted by molar-refractivity contribution is 0.779. The van der Waals surface area contributed by atoms with E-state index in [4.69, 9.17) is 16.7 Å². The smallest absolute Gasteiger partial charge is 0.133 e. The minimum Gasteiger partial charge on any atom is -0.370 e. The predicted molar refractivity (Wildman–Crippen MR) is 105 cm³/mol. The summed E-state index contributed by atoms with van der Waals surface area (Å²) in [6, 6.07) is 14.4. The van der Waals surface area contributed by atoms with Crippen molar-refractivity contribution in [2.45, 2.75) is 33.1 Å². The monoisotopic (exact) mass is 351 g/mol. The molecule has 0 saturated carbocycles. The molecular weight excluding hydrogens is 330 g/mol. The Morgan fingerprint density at radius 1 is 1.08 bits per heavy atom. The Morgan fingerprint density at radius 2 is 1.92 bits per heavy atom. The molecule has 0 unspecified atom stereocenters. The summed E-state index contributed by atoms with van der Waals surface area (Å²) in [4.78, 5) is 0. The summed E-state index contributed by atoms with van der Waals surface area (Å²) in [6.07, 6.45) is 3.39. The molecule has 0 aliphatic carbocycles. The predicted octanol–water partition coefficient (Wildman–Crippen LogP) is 5.56. The Balaban J connectivity index is 1.95. The van der Waals surface area contributed by atoms with Gasteiger partial charge in [0.1, 0.15) is 5.82 Å². The van der Waals surface area contributed by atoms with Gasteiger partial charge in [0.15, 0.2) is 0 Å². The van der Waals surface area contributed by atoms with E-state index in [9.17, 15) is 0 Å². The van der Waals surface area contributed by atoms with Crippen LogP contribution in [0.5, 0.6) is 0 Å². The van der Waals surface area contributed by atoms with E-state index in [-0.39, 0.29) is 0 Å². The van der Waals surface area contributed by atoms with Gasteiger partial charge in [-0.25, -0.2) is 4.68 Å². The average molecular weight is 352 g/mol. The van der Waals surface area contributed by atoms with Crippen LogP contribution in [0.3, 0.4) is 0 Å². The highest BCUT2D eigenvalue weighted by Crippen LogP contribution is 2.35. The van der Waals surface area contributed by atoms with Crippen LogP contribution in [0.4, 0.5) is 5.82 Å². The molecule has 4 heteroatoms. The molecule has 0 saturated heterocycles. The third kappa shape index (κ3) is 2.93. The van der Waals surface area contributed by atoms with E-state index in [1.54, 1.807) is 0 Å². The lowest BCUT2D eigenvalue weighted by atomic mass is 10.0. The van der Waals surface area contributed by atoms with Crippen LogP contribution in [-0.2, 0) is 6.42 Å². The van der Waals surface area contributed by atoms with Crippen LogP contribution in [0.2, 0.25) is 5.02 Å². The number of rotatable bonds is 2. The fourth-order valence-corrected chi connectivity index (χ4v) is 3.70. The highest BCUT2D eigenvalue weighted by molar-refractivity contribution is 6.30. The number of aromatic nitrogens is 2. The van der Waals surface area contributed by atoms with E-state index in [0.29, 0.717) is 0 Å². The SMILES string of the molecule is Cc1cccc(-n2nc(-c3cccc(Cl)c3)c3c2NCCCC3)c1C. The van der Waals surface area contributed by atoms with Crippen molar-refractivity contribution in [1.82, 2.24) is 9.78 Å². The zero-order valence-electron chi connectivity index (χ0n) is 14.6. The van der Waals surface area contributed by atoms with Gasteiger partial charge in [-0.1, -0.05) is 35.9 Å². The first-order valence-electron chi connectivity index (χ1n) is 8.83. The molecule has 1 N–H and O–H groups in total. The zero-order chi connectivity index (χ0) is 17.4. The van der Waals surface area contributed by atoms with Gasteiger partial charge in [0, 0.05) is 22.7 Å². The molecule has 2 heterocycles. The minimum atomic E-state index is 0.745. The maximum Gasteiger partial charge on any atom is 0.133 e. The molecule has 0 amide bonds. The van der Waals surface area contributed by atoms with Crippen molar-refractivity contribution in [3.63, 3.8) is 0 Å². The second-order valence-electron chi connectivity index (χ2n) is 6.70. The molecule has 3 aromatic rings. The van der Waals surface area contributed by atoms with Crippen molar-refractivity contribution in [3.05, 3.63) is 64.2 Å². The van der Waals surface area contributed by atoms with Crippen molar-refractivity contribution in [2.75, 3.05) is 11.9 Å². The molecule has 1 aliphatic rings. The molecular formula is C21H22ClN3. The molecule has 0 spiro atoms. The second-order valence-corrected chi connectivity index (χ2v) is 7.14. The maximum atomic E-state index is 6.23. The fourth-order valence-electron chi connectivity index (χ4n) is 3.51. The number of hydrogen-bond acceptors (Lipinski definition) is 2. The van der Waals surface area contributed by atoms with Crippen molar-refractivity contribution >= 4 is 17.4 Å². The van der Waals surface area contributed by atoms with Gasteiger partial charge in [0.25, 0.3) is 0 Å². The quantitative estimate of drug-likeness (QED) is 0.655. The number of nitrogens with one attached hydrogen (secondary N) is 1. The Bertz CT molecular complexity index is 927. The highest BCUT2D eigenvalue weighted by Gasteiger charge is 2.22. The van der Waals surface area contributed by atoms with Crippen molar-refractivity contribution in [2.24, 2.45) is 0 Å². The molecule has 0 bridgehead atoms. The van der Waals surface area contributed by atoms with Gasteiger partial charge >= 0.3 is 0 Å². The van der Waals surface area contributed by atoms with E-state index in [1.807, 2.05) is 18.2 Å². The van der Waals surface area contributed by atoms with Gasteiger partial charge in [0.2, 0.25) is 0 Å². The third-order valence-corrected chi connectivity index (χ3v) is 5.27. The standard InChI is InChI=1S/C21H22ClN3/c1-14-7-5-11-19(15(14)2)25-21-18(10-3-4-12-23-21)20(24-25)16-8-6-9-17(22)13-16/h5-9,11,13,23H,3-4,10,12H2,1-2H3. The topological polar surface area (TPSA) is 29.9 Å². The Labute approximate surface area is 153 Å². The summed E-state index contributed by atoms with van der Waals surface area (Å²) in [5.41, 5.74) is 7.08. The molecule has 25 heavy (non-hydrogen) atoms. The Kier molecular flexibility index (Phi) is 4.26. The van der Waals surface area contributed by atoms with Gasteiger partial charge in [-0.3, -0.25) is 0 Å². The number of aryl methyl sites for hydroxylation is 1. The number of fused-ring (bicyclic) bond motifs is 1. The van der Waals surface area contributed by atoms with Crippen molar-refractivity contribution < 1.29 is 0 Å². The van der Waals surface area contributed by atoms with Gasteiger partial charge in [-0.15, -0.1) is 0 Å². The second kappa shape index (κ2) is 6.57. The number of halogens is 1. The van der Waals surface area contributed by atoms with Gasteiger partial charge in [0.05, 0.1) is 11.4 Å². The average Bonchev–Trinajstić information content (AvgIpc) is 2.79. The molecule has 2 aromatic carbocycles. The molecule has 1 aliphatic heterocycles. The van der Waals surface area contributed by atoms with Crippen LogP contribution in [0.25, 0.3) is 16.9 Å². The summed E-state index contributed by atoms with van der Waals surface area (Å²) in [5, 5.41) is 9.37. The zero-order valence-corrected chi connectivity index (χ0v) is 15.4. The maximum absolute atomic E-state index is 6.23. The molecule has 128 valence electrons. The van der Waals surface area contributed by atoms with E-state index in [1.165, 1.54) is 29.5 Å². The first-order valence-corrected chi connectivity index (χ1v) is 9.21. The van der Waals surface area contributed by atoms with Gasteiger partial charge < -0.3 is 5.32 Å². The van der Waals surface area contributed by atoms with Crippen LogP contribution < -0.4 is 5.32 Å². The van der Waals surface area contributed by atoms with Gasteiger partial charge in [-0.2, -0.15) is 5.10 Å². The summed E-state index contributed by atoms with van der Waals surface area (Å²) in [7, 11) is 0. The molecule has 4 rings (SSSR count). The van der Waals surface area contributed by atoms with Crippen LogP contribution in [0.1, 0.15) is 29.5 Å². The lowest BCUT2D eigenvalue weighted by Gasteiger charge is -2.13. The van der Waals surface area contributed by atoms with Crippen LogP contribution in [0.15, 0.2) is 42.5 Å². The van der Waals surface area contributed by atoms with E-state index in [0.717, 1.165) is 40.8 Å². The number of benzene rings is 2. The molecule has 1 aromatic heterocycles. The largest absolute Gasteiger partial charge is 0.370 e. The van der Waals surface area contributed by atoms with Crippen LogP contribution in [-0.4, -0.2) is 16.3 Å². The minimum absolute atomic E-state index is 0.745.